The Labute approximate surface area is 127 Å². The summed E-state index contributed by atoms with van der Waals surface area (Å²) in [7, 11) is 0. The van der Waals surface area contributed by atoms with Crippen molar-refractivity contribution < 1.29 is 4.39 Å². The van der Waals surface area contributed by atoms with Crippen LogP contribution in [0.25, 0.3) is 11.3 Å². The van der Waals surface area contributed by atoms with E-state index in [9.17, 15) is 4.39 Å². The van der Waals surface area contributed by atoms with Gasteiger partial charge in [0.25, 0.3) is 0 Å². The molecular formula is C16H16FN3S. The fourth-order valence-corrected chi connectivity index (χ4v) is 2.90. The summed E-state index contributed by atoms with van der Waals surface area (Å²) < 4.78 is 12.9. The zero-order valence-corrected chi connectivity index (χ0v) is 12.3. The van der Waals surface area contributed by atoms with Crippen LogP contribution < -0.4 is 5.43 Å². The van der Waals surface area contributed by atoms with Gasteiger partial charge in [0.15, 0.2) is 0 Å². The standard InChI is InChI=1S/C16H16FN3S/c17-14-8-6-13(7-9-14)15-11-21-16(19-15)20-18-10-12-4-2-1-3-5-12/h1-2,6-12H,3-5H2,(H,19,20). The van der Waals surface area contributed by atoms with Crippen LogP contribution in [-0.4, -0.2) is 11.2 Å². The van der Waals surface area contributed by atoms with E-state index < -0.39 is 0 Å². The monoisotopic (exact) mass is 301 g/mol. The van der Waals surface area contributed by atoms with Gasteiger partial charge in [-0.05, 0) is 49.4 Å². The van der Waals surface area contributed by atoms with E-state index in [1.54, 1.807) is 12.1 Å². The van der Waals surface area contributed by atoms with Crippen LogP contribution in [0.1, 0.15) is 19.3 Å². The number of allylic oxidation sites excluding steroid dienone is 2. The van der Waals surface area contributed by atoms with Gasteiger partial charge in [0, 0.05) is 17.2 Å². The third-order valence-electron chi connectivity index (χ3n) is 3.40. The molecule has 0 saturated carbocycles. The number of nitrogens with zero attached hydrogens (tertiary/aromatic N) is 2. The topological polar surface area (TPSA) is 37.3 Å². The Morgan fingerprint density at radius 1 is 1.29 bits per heavy atom. The molecule has 1 unspecified atom stereocenters. The summed E-state index contributed by atoms with van der Waals surface area (Å²) in [6.07, 6.45) is 9.72. The molecule has 5 heteroatoms. The van der Waals surface area contributed by atoms with Gasteiger partial charge in [-0.15, -0.1) is 11.3 Å². The van der Waals surface area contributed by atoms with Gasteiger partial charge < -0.3 is 0 Å². The summed E-state index contributed by atoms with van der Waals surface area (Å²) in [4.78, 5) is 4.45. The number of hydrogen-bond acceptors (Lipinski definition) is 4. The number of benzene rings is 1. The van der Waals surface area contributed by atoms with Gasteiger partial charge in [-0.2, -0.15) is 5.10 Å². The molecule has 0 bridgehead atoms. The lowest BCUT2D eigenvalue weighted by atomic mass is 9.96. The molecule has 1 atom stereocenters. The molecule has 21 heavy (non-hydrogen) atoms. The molecule has 1 aromatic heterocycles. The Morgan fingerprint density at radius 3 is 2.90 bits per heavy atom. The lowest BCUT2D eigenvalue weighted by molar-refractivity contribution is 0.627. The summed E-state index contributed by atoms with van der Waals surface area (Å²) in [6.45, 7) is 0. The highest BCUT2D eigenvalue weighted by Gasteiger charge is 2.07. The van der Waals surface area contributed by atoms with Crippen LogP contribution in [0.5, 0.6) is 0 Å². The highest BCUT2D eigenvalue weighted by molar-refractivity contribution is 7.14. The maximum absolute atomic E-state index is 12.9. The number of hydrogen-bond donors (Lipinski definition) is 1. The van der Waals surface area contributed by atoms with Crippen molar-refractivity contribution in [2.24, 2.45) is 11.0 Å². The average Bonchev–Trinajstić information content (AvgIpc) is 2.98. The van der Waals surface area contributed by atoms with Crippen molar-refractivity contribution in [3.05, 3.63) is 47.6 Å². The van der Waals surface area contributed by atoms with Crippen molar-refractivity contribution in [3.63, 3.8) is 0 Å². The van der Waals surface area contributed by atoms with Gasteiger partial charge in [0.05, 0.1) is 5.69 Å². The molecule has 0 radical (unpaired) electrons. The Kier molecular flexibility index (Phi) is 4.40. The van der Waals surface area contributed by atoms with Gasteiger partial charge in [-0.1, -0.05) is 12.2 Å². The zero-order valence-electron chi connectivity index (χ0n) is 11.5. The van der Waals surface area contributed by atoms with E-state index in [4.69, 9.17) is 0 Å². The highest BCUT2D eigenvalue weighted by Crippen LogP contribution is 2.25. The summed E-state index contributed by atoms with van der Waals surface area (Å²) in [6, 6.07) is 6.34. The summed E-state index contributed by atoms with van der Waals surface area (Å²) in [5, 5.41) is 6.95. The second-order valence-electron chi connectivity index (χ2n) is 4.98. The SMILES string of the molecule is Fc1ccc(-c2csc(NN=CC3CC=CCC3)n2)cc1. The number of halogens is 1. The predicted octanol–water partition coefficient (Wildman–Crippen LogP) is 4.70. The molecule has 1 aliphatic rings. The Bertz CT molecular complexity index is 646. The predicted molar refractivity (Wildman–Crippen MR) is 86.1 cm³/mol. The Morgan fingerprint density at radius 2 is 2.14 bits per heavy atom. The van der Waals surface area contributed by atoms with Gasteiger partial charge in [0.1, 0.15) is 5.82 Å². The van der Waals surface area contributed by atoms with Crippen LogP contribution in [0.3, 0.4) is 0 Å². The maximum Gasteiger partial charge on any atom is 0.203 e. The van der Waals surface area contributed by atoms with E-state index in [2.05, 4.69) is 27.7 Å². The van der Waals surface area contributed by atoms with Crippen molar-refractivity contribution in [2.75, 3.05) is 5.43 Å². The molecule has 108 valence electrons. The smallest absolute Gasteiger partial charge is 0.203 e. The van der Waals surface area contributed by atoms with E-state index in [0.29, 0.717) is 5.92 Å². The van der Waals surface area contributed by atoms with E-state index in [1.807, 2.05) is 11.6 Å². The van der Waals surface area contributed by atoms with Crippen LogP contribution in [0.2, 0.25) is 0 Å². The summed E-state index contributed by atoms with van der Waals surface area (Å²) >= 11 is 1.49. The number of aromatic nitrogens is 1. The summed E-state index contributed by atoms with van der Waals surface area (Å²) in [5.74, 6) is 0.275. The minimum Gasteiger partial charge on any atom is -0.253 e. The molecule has 0 amide bonds. The molecular weight excluding hydrogens is 285 g/mol. The molecule has 0 saturated heterocycles. The molecule has 0 fully saturated rings. The molecule has 0 aliphatic heterocycles. The van der Waals surface area contributed by atoms with Gasteiger partial charge in [-0.25, -0.2) is 9.37 Å². The normalized spacial score (nSPS) is 18.2. The minimum atomic E-state index is -0.238. The van der Waals surface area contributed by atoms with Crippen LogP contribution in [0, 0.1) is 11.7 Å². The molecule has 1 aliphatic carbocycles. The molecule has 1 N–H and O–H groups in total. The lowest BCUT2D eigenvalue weighted by Gasteiger charge is -2.11. The molecule has 0 spiro atoms. The van der Waals surface area contributed by atoms with Gasteiger partial charge in [0.2, 0.25) is 5.13 Å². The van der Waals surface area contributed by atoms with Crippen LogP contribution in [0.15, 0.2) is 46.9 Å². The molecule has 1 aromatic carbocycles. The fraction of sp³-hybridized carbons (Fsp3) is 0.250. The first-order chi connectivity index (χ1) is 10.3. The molecule has 3 nitrogen and oxygen atoms in total. The Hall–Kier alpha value is -2.01. The third-order valence-corrected chi connectivity index (χ3v) is 4.15. The molecule has 3 rings (SSSR count). The van der Waals surface area contributed by atoms with E-state index in [0.717, 1.165) is 35.7 Å². The number of anilines is 1. The lowest BCUT2D eigenvalue weighted by Crippen LogP contribution is -2.04. The maximum atomic E-state index is 12.9. The van der Waals surface area contributed by atoms with Gasteiger partial charge >= 0.3 is 0 Å². The van der Waals surface area contributed by atoms with Crippen molar-refractivity contribution >= 4 is 22.7 Å². The first-order valence-electron chi connectivity index (χ1n) is 6.97. The van der Waals surface area contributed by atoms with Crippen LogP contribution in [-0.2, 0) is 0 Å². The second-order valence-corrected chi connectivity index (χ2v) is 5.84. The van der Waals surface area contributed by atoms with E-state index in [1.165, 1.54) is 23.5 Å². The number of nitrogens with one attached hydrogen (secondary N) is 1. The molecule has 2 aromatic rings. The average molecular weight is 301 g/mol. The largest absolute Gasteiger partial charge is 0.253 e. The summed E-state index contributed by atoms with van der Waals surface area (Å²) in [5.41, 5.74) is 4.71. The van der Waals surface area contributed by atoms with Crippen molar-refractivity contribution in [1.29, 1.82) is 0 Å². The molecule has 1 heterocycles. The third kappa shape index (κ3) is 3.76. The Balaban J connectivity index is 1.61. The van der Waals surface area contributed by atoms with Crippen molar-refractivity contribution in [3.8, 4) is 11.3 Å². The van der Waals surface area contributed by atoms with Crippen LogP contribution >= 0.6 is 11.3 Å². The highest BCUT2D eigenvalue weighted by atomic mass is 32.1. The van der Waals surface area contributed by atoms with Gasteiger partial charge in [-0.3, -0.25) is 5.43 Å². The van der Waals surface area contributed by atoms with E-state index in [-0.39, 0.29) is 5.82 Å². The first kappa shape index (κ1) is 13.9. The number of thiazole rings is 1. The first-order valence-corrected chi connectivity index (χ1v) is 7.85. The zero-order chi connectivity index (χ0) is 14.5. The number of hydrazone groups is 1. The second kappa shape index (κ2) is 6.63. The quantitative estimate of drug-likeness (QED) is 0.505. The minimum absolute atomic E-state index is 0.238. The fourth-order valence-electron chi connectivity index (χ4n) is 2.23. The van der Waals surface area contributed by atoms with Crippen molar-refractivity contribution in [2.45, 2.75) is 19.3 Å². The van der Waals surface area contributed by atoms with Crippen molar-refractivity contribution in [1.82, 2.24) is 4.98 Å². The number of rotatable bonds is 4. The van der Waals surface area contributed by atoms with Crippen LogP contribution in [0.4, 0.5) is 9.52 Å². The van der Waals surface area contributed by atoms with E-state index >= 15 is 0 Å².